The molecule has 5 aromatic rings. The van der Waals surface area contributed by atoms with Crippen molar-refractivity contribution in [1.82, 2.24) is 15.2 Å². The predicted octanol–water partition coefficient (Wildman–Crippen LogP) is 6.92. The molecule has 1 amide bonds. The van der Waals surface area contributed by atoms with Crippen molar-refractivity contribution in [1.29, 1.82) is 0 Å². The van der Waals surface area contributed by atoms with Gasteiger partial charge in [0.25, 0.3) is 5.89 Å². The number of rotatable bonds is 11. The van der Waals surface area contributed by atoms with Crippen molar-refractivity contribution in [2.45, 2.75) is 38.7 Å². The first-order valence-electron chi connectivity index (χ1n) is 14.5. The minimum absolute atomic E-state index is 0.0333. The molecule has 4 heterocycles. The molecule has 2 aliphatic rings. The van der Waals surface area contributed by atoms with Crippen LogP contribution in [0, 0.1) is 6.92 Å². The number of carbonyl (C=O) groups excluding carboxylic acids is 1. The Hall–Kier alpha value is -4.67. The smallest absolute Gasteiger partial charge is 0.441 e. The van der Waals surface area contributed by atoms with E-state index in [4.69, 9.17) is 22.7 Å². The molecule has 0 bridgehead atoms. The maximum absolute atomic E-state index is 13.8. The molecule has 1 saturated heterocycles. The van der Waals surface area contributed by atoms with E-state index in [0.29, 0.717) is 23.9 Å². The summed E-state index contributed by atoms with van der Waals surface area (Å²) in [4.78, 5) is 19.1. The lowest BCUT2D eigenvalue weighted by Crippen LogP contribution is -2.35. The lowest BCUT2D eigenvalue weighted by atomic mass is 10.0. The van der Waals surface area contributed by atoms with Gasteiger partial charge in [0.15, 0.2) is 0 Å². The van der Waals surface area contributed by atoms with Crippen LogP contribution in [0.2, 0.25) is 0 Å². The molecule has 0 radical (unpaired) electrons. The van der Waals surface area contributed by atoms with Crippen LogP contribution in [0.4, 0.5) is 10.5 Å². The van der Waals surface area contributed by atoms with E-state index < -0.39 is 20.0 Å². The van der Waals surface area contributed by atoms with Crippen LogP contribution in [-0.2, 0) is 42.5 Å². The lowest BCUT2D eigenvalue weighted by molar-refractivity contribution is 0.0515. The number of nitrogens with zero attached hydrogens (tertiary/aromatic N) is 4. The summed E-state index contributed by atoms with van der Waals surface area (Å²) in [6.07, 6.45) is 1.13. The molecule has 3 aromatic carbocycles. The first-order chi connectivity index (χ1) is 21.9. The SMILES string of the molecule is Cc1nnc(-c2ccc(-c3ccc4c(c3)C[C@H]3[C@H](COP(=O)(OCc5ccccc5)OCc5ccccc5)OC(=O)N43)cn2)o1. The Balaban J connectivity index is 1.04. The second-order valence-corrected chi connectivity index (χ2v) is 12.4. The summed E-state index contributed by atoms with van der Waals surface area (Å²) in [5.74, 6) is 0.834. The fourth-order valence-electron chi connectivity index (χ4n) is 5.42. The normalized spacial score (nSPS) is 17.3. The molecule has 1 fully saturated rings. The molecule has 45 heavy (non-hydrogen) atoms. The zero-order chi connectivity index (χ0) is 30.8. The monoisotopic (exact) mass is 624 g/mol. The van der Waals surface area contributed by atoms with Gasteiger partial charge in [-0.05, 0) is 46.9 Å². The highest BCUT2D eigenvalue weighted by atomic mass is 31.2. The van der Waals surface area contributed by atoms with E-state index in [1.807, 2.05) is 91.0 Å². The van der Waals surface area contributed by atoms with Crippen molar-refractivity contribution in [3.05, 3.63) is 120 Å². The van der Waals surface area contributed by atoms with Crippen molar-refractivity contribution in [2.75, 3.05) is 11.5 Å². The maximum atomic E-state index is 13.8. The topological polar surface area (TPSA) is 126 Å². The summed E-state index contributed by atoms with van der Waals surface area (Å²) in [6, 6.07) is 28.0. The van der Waals surface area contributed by atoms with Crippen LogP contribution in [-0.4, -0.2) is 40.0 Å². The number of hydrogen-bond donors (Lipinski definition) is 0. The standard InChI is InChI=1S/C33H29N4O7P/c1-22-35-36-32(43-22)28-14-12-26(18-34-28)25-13-15-29-27(16-25)17-30-31(44-33(38)37(29)30)21-42-45(39,40-19-23-8-4-2-5-9-23)41-20-24-10-6-3-7-11-24/h2-16,18,30-31H,17,19-21H2,1H3/t30-,31-/m0/s1. The van der Waals surface area contributed by atoms with E-state index in [0.717, 1.165) is 33.5 Å². The molecular weight excluding hydrogens is 595 g/mol. The number of phosphoric ester groups is 1. The average Bonchev–Trinajstić information content (AvgIpc) is 3.77. The van der Waals surface area contributed by atoms with Gasteiger partial charge in [-0.15, -0.1) is 10.2 Å². The van der Waals surface area contributed by atoms with Crippen LogP contribution >= 0.6 is 7.82 Å². The quantitative estimate of drug-likeness (QED) is 0.143. The molecule has 0 aliphatic carbocycles. The van der Waals surface area contributed by atoms with Crippen LogP contribution in [0.25, 0.3) is 22.7 Å². The molecule has 7 rings (SSSR count). The van der Waals surface area contributed by atoms with Gasteiger partial charge in [-0.25, -0.2) is 9.36 Å². The van der Waals surface area contributed by atoms with E-state index in [2.05, 4.69) is 15.2 Å². The van der Waals surface area contributed by atoms with Crippen molar-refractivity contribution in [3.63, 3.8) is 0 Å². The lowest BCUT2D eigenvalue weighted by Gasteiger charge is -2.21. The molecule has 0 saturated carbocycles. The van der Waals surface area contributed by atoms with Crippen LogP contribution in [0.3, 0.4) is 0 Å². The summed E-state index contributed by atoms with van der Waals surface area (Å²) < 4.78 is 42.2. The largest absolute Gasteiger partial charge is 0.475 e. The van der Waals surface area contributed by atoms with Gasteiger partial charge in [0.2, 0.25) is 5.89 Å². The van der Waals surface area contributed by atoms with Gasteiger partial charge in [0.05, 0.1) is 31.5 Å². The molecule has 228 valence electrons. The molecule has 2 aromatic heterocycles. The number of pyridine rings is 1. The van der Waals surface area contributed by atoms with Gasteiger partial charge in [0.1, 0.15) is 11.8 Å². The number of amides is 1. The second kappa shape index (κ2) is 12.4. The number of cyclic esters (lactones) is 1. The number of benzene rings is 3. The van der Waals surface area contributed by atoms with Crippen LogP contribution in [0.5, 0.6) is 0 Å². The van der Waals surface area contributed by atoms with E-state index in [1.165, 1.54) is 0 Å². The number of aromatic nitrogens is 3. The highest BCUT2D eigenvalue weighted by Crippen LogP contribution is 2.52. The van der Waals surface area contributed by atoms with Gasteiger partial charge >= 0.3 is 13.9 Å². The zero-order valence-corrected chi connectivity index (χ0v) is 25.2. The van der Waals surface area contributed by atoms with Gasteiger partial charge < -0.3 is 9.15 Å². The van der Waals surface area contributed by atoms with Gasteiger partial charge in [-0.2, -0.15) is 0 Å². The summed E-state index contributed by atoms with van der Waals surface area (Å²) in [7, 11) is -4.04. The Kier molecular flexibility index (Phi) is 7.99. The minimum atomic E-state index is -4.04. The van der Waals surface area contributed by atoms with Crippen LogP contribution in [0.1, 0.15) is 22.6 Å². The van der Waals surface area contributed by atoms with Gasteiger partial charge in [-0.3, -0.25) is 23.5 Å². The Bertz CT molecular complexity index is 1800. The third-order valence-corrected chi connectivity index (χ3v) is 9.04. The molecule has 0 N–H and O–H groups in total. The fourth-order valence-corrected chi connectivity index (χ4v) is 6.59. The third-order valence-electron chi connectivity index (χ3n) is 7.68. The average molecular weight is 625 g/mol. The van der Waals surface area contributed by atoms with E-state index in [9.17, 15) is 9.36 Å². The van der Waals surface area contributed by atoms with Crippen molar-refractivity contribution in [2.24, 2.45) is 0 Å². The maximum Gasteiger partial charge on any atom is 0.475 e. The highest BCUT2D eigenvalue weighted by Gasteiger charge is 2.48. The molecule has 12 heteroatoms. The molecule has 0 spiro atoms. The number of aryl methyl sites for hydroxylation is 1. The Morgan fingerprint density at radius 2 is 1.56 bits per heavy atom. The second-order valence-electron chi connectivity index (χ2n) is 10.7. The predicted molar refractivity (Wildman–Crippen MR) is 164 cm³/mol. The van der Waals surface area contributed by atoms with Gasteiger partial charge in [-0.1, -0.05) is 72.8 Å². The van der Waals surface area contributed by atoms with Crippen LogP contribution < -0.4 is 4.90 Å². The summed E-state index contributed by atoms with van der Waals surface area (Å²) >= 11 is 0. The number of fused-ring (bicyclic) bond motifs is 3. The molecular formula is C33H29N4O7P. The van der Waals surface area contributed by atoms with Crippen molar-refractivity contribution >= 4 is 19.6 Å². The van der Waals surface area contributed by atoms with Crippen LogP contribution in [0.15, 0.2) is 102 Å². The fraction of sp³-hybridized carbons (Fsp3) is 0.212. The molecule has 11 nitrogen and oxygen atoms in total. The molecule has 2 aliphatic heterocycles. The third kappa shape index (κ3) is 6.29. The number of carbonyl (C=O) groups is 1. The summed E-state index contributed by atoms with van der Waals surface area (Å²) in [5.41, 5.74) is 5.83. The number of hydrogen-bond acceptors (Lipinski definition) is 10. The Labute approximate surface area is 259 Å². The zero-order valence-electron chi connectivity index (χ0n) is 24.3. The summed E-state index contributed by atoms with van der Waals surface area (Å²) in [6.45, 7) is 1.64. The summed E-state index contributed by atoms with van der Waals surface area (Å²) in [5, 5.41) is 7.87. The number of ether oxygens (including phenoxy) is 1. The minimum Gasteiger partial charge on any atom is -0.441 e. The first-order valence-corrected chi connectivity index (χ1v) is 15.9. The molecule has 0 unspecified atom stereocenters. The van der Waals surface area contributed by atoms with Crippen molar-refractivity contribution in [3.8, 4) is 22.7 Å². The Morgan fingerprint density at radius 3 is 2.18 bits per heavy atom. The number of anilines is 1. The Morgan fingerprint density at radius 1 is 0.867 bits per heavy atom. The van der Waals surface area contributed by atoms with Crippen molar-refractivity contribution < 1.29 is 32.1 Å². The first kappa shape index (κ1) is 29.1. The van der Waals surface area contributed by atoms with E-state index >= 15 is 0 Å². The highest BCUT2D eigenvalue weighted by molar-refractivity contribution is 7.48. The van der Waals surface area contributed by atoms with E-state index in [-0.39, 0.29) is 25.9 Å². The van der Waals surface area contributed by atoms with Gasteiger partial charge in [0, 0.05) is 18.7 Å². The number of phosphoric acid groups is 1. The van der Waals surface area contributed by atoms with E-state index in [1.54, 1.807) is 18.0 Å². The molecule has 2 atom stereocenters.